The minimum absolute atomic E-state index is 0.0370. The molecule has 0 unspecified atom stereocenters. The predicted octanol–water partition coefficient (Wildman–Crippen LogP) is 5.16. The molecule has 0 bridgehead atoms. The number of carbonyl (C=O) groups is 1. The Labute approximate surface area is 124 Å². The van der Waals surface area contributed by atoms with Crippen LogP contribution in [-0.4, -0.2) is 5.78 Å². The standard InChI is InChI=1S/C18H17ClO/c1-12-10-13(2)18(14(3)11-12)17(20)9-6-15-4-7-16(19)8-5-15/h4-11H,1-3H3/b9-6-. The SMILES string of the molecule is Cc1cc(C)c(C(=O)/C=C\c2ccc(Cl)cc2)c(C)c1. The van der Waals surface area contributed by atoms with Gasteiger partial charge in [-0.05, 0) is 55.7 Å². The van der Waals surface area contributed by atoms with E-state index < -0.39 is 0 Å². The van der Waals surface area contributed by atoms with Gasteiger partial charge < -0.3 is 0 Å². The van der Waals surface area contributed by atoms with Gasteiger partial charge in [-0.25, -0.2) is 0 Å². The summed E-state index contributed by atoms with van der Waals surface area (Å²) in [5, 5.41) is 0.693. The molecule has 0 aliphatic rings. The summed E-state index contributed by atoms with van der Waals surface area (Å²) in [6.07, 6.45) is 3.44. The minimum atomic E-state index is 0.0370. The maximum Gasteiger partial charge on any atom is 0.186 e. The third-order valence-electron chi connectivity index (χ3n) is 3.22. The Morgan fingerprint density at radius 2 is 1.55 bits per heavy atom. The lowest BCUT2D eigenvalue weighted by Crippen LogP contribution is -2.02. The van der Waals surface area contributed by atoms with Crippen molar-refractivity contribution in [3.63, 3.8) is 0 Å². The van der Waals surface area contributed by atoms with E-state index in [9.17, 15) is 4.79 Å². The fraction of sp³-hybridized carbons (Fsp3) is 0.167. The first kappa shape index (κ1) is 14.5. The third kappa shape index (κ3) is 3.37. The Hall–Kier alpha value is -1.86. The van der Waals surface area contributed by atoms with Gasteiger partial charge in [0.25, 0.3) is 0 Å². The van der Waals surface area contributed by atoms with Gasteiger partial charge in [-0.15, -0.1) is 0 Å². The molecule has 0 aromatic heterocycles. The first-order valence-electron chi connectivity index (χ1n) is 6.53. The zero-order valence-corrected chi connectivity index (χ0v) is 12.7. The van der Waals surface area contributed by atoms with Gasteiger partial charge in [0, 0.05) is 10.6 Å². The summed E-state index contributed by atoms with van der Waals surface area (Å²) >= 11 is 5.84. The molecule has 0 radical (unpaired) electrons. The number of ketones is 1. The van der Waals surface area contributed by atoms with E-state index in [0.717, 1.165) is 22.3 Å². The average molecular weight is 285 g/mol. The molecule has 0 fully saturated rings. The monoisotopic (exact) mass is 284 g/mol. The van der Waals surface area contributed by atoms with E-state index in [1.54, 1.807) is 6.08 Å². The van der Waals surface area contributed by atoms with Crippen molar-refractivity contribution in [2.24, 2.45) is 0 Å². The van der Waals surface area contributed by atoms with Crippen LogP contribution in [0, 0.1) is 20.8 Å². The molecule has 0 aliphatic carbocycles. The lowest BCUT2D eigenvalue weighted by molar-refractivity contribution is 0.104. The molecule has 0 N–H and O–H groups in total. The first-order chi connectivity index (χ1) is 9.47. The van der Waals surface area contributed by atoms with Crippen molar-refractivity contribution in [1.29, 1.82) is 0 Å². The Bertz CT molecular complexity index is 643. The van der Waals surface area contributed by atoms with Crippen LogP contribution in [0.2, 0.25) is 5.02 Å². The molecule has 0 atom stereocenters. The van der Waals surface area contributed by atoms with Crippen LogP contribution in [0.3, 0.4) is 0 Å². The van der Waals surface area contributed by atoms with Crippen LogP contribution in [0.1, 0.15) is 32.6 Å². The van der Waals surface area contributed by atoms with Crippen LogP contribution < -0.4 is 0 Å². The maximum atomic E-state index is 12.3. The Morgan fingerprint density at radius 1 is 1.00 bits per heavy atom. The van der Waals surface area contributed by atoms with Crippen molar-refractivity contribution >= 4 is 23.5 Å². The van der Waals surface area contributed by atoms with Crippen LogP contribution in [-0.2, 0) is 0 Å². The first-order valence-corrected chi connectivity index (χ1v) is 6.91. The highest BCUT2D eigenvalue weighted by Gasteiger charge is 2.09. The summed E-state index contributed by atoms with van der Waals surface area (Å²) in [5.74, 6) is 0.0370. The van der Waals surface area contributed by atoms with E-state index in [0.29, 0.717) is 5.02 Å². The number of rotatable bonds is 3. The molecule has 0 spiro atoms. The maximum absolute atomic E-state index is 12.3. The number of hydrogen-bond acceptors (Lipinski definition) is 1. The molecule has 2 aromatic carbocycles. The number of halogens is 1. The predicted molar refractivity (Wildman–Crippen MR) is 85.5 cm³/mol. The van der Waals surface area contributed by atoms with Gasteiger partial charge in [0.05, 0.1) is 0 Å². The zero-order valence-electron chi connectivity index (χ0n) is 11.9. The molecular formula is C18H17ClO. The molecule has 1 nitrogen and oxygen atoms in total. The molecule has 20 heavy (non-hydrogen) atoms. The summed E-state index contributed by atoms with van der Waals surface area (Å²) in [5.41, 5.74) is 4.98. The summed E-state index contributed by atoms with van der Waals surface area (Å²) in [4.78, 5) is 12.3. The van der Waals surface area contributed by atoms with E-state index in [4.69, 9.17) is 11.6 Å². The summed E-state index contributed by atoms with van der Waals surface area (Å²) in [6, 6.07) is 11.5. The molecule has 0 amide bonds. The molecule has 2 heteroatoms. The lowest BCUT2D eigenvalue weighted by Gasteiger charge is -2.08. The second-order valence-corrected chi connectivity index (χ2v) is 5.46. The fourth-order valence-corrected chi connectivity index (χ4v) is 2.52. The van der Waals surface area contributed by atoms with E-state index in [1.165, 1.54) is 5.56 Å². The minimum Gasteiger partial charge on any atom is -0.289 e. The molecule has 0 saturated heterocycles. The number of carbonyl (C=O) groups excluding carboxylic acids is 1. The fourth-order valence-electron chi connectivity index (χ4n) is 2.40. The summed E-state index contributed by atoms with van der Waals surface area (Å²) < 4.78 is 0. The number of allylic oxidation sites excluding steroid dienone is 1. The summed E-state index contributed by atoms with van der Waals surface area (Å²) in [7, 11) is 0. The van der Waals surface area contributed by atoms with Crippen molar-refractivity contribution in [3.8, 4) is 0 Å². The van der Waals surface area contributed by atoms with Gasteiger partial charge in [-0.1, -0.05) is 47.5 Å². The Kier molecular flexibility index (Phi) is 4.41. The van der Waals surface area contributed by atoms with Crippen LogP contribution >= 0.6 is 11.6 Å². The lowest BCUT2D eigenvalue weighted by atomic mass is 9.96. The van der Waals surface area contributed by atoms with Gasteiger partial charge in [0.1, 0.15) is 0 Å². The molecule has 2 aromatic rings. The van der Waals surface area contributed by atoms with Crippen molar-refractivity contribution < 1.29 is 4.79 Å². The molecule has 0 saturated carbocycles. The van der Waals surface area contributed by atoms with E-state index in [1.807, 2.05) is 63.2 Å². The second kappa shape index (κ2) is 6.06. The molecule has 102 valence electrons. The van der Waals surface area contributed by atoms with Crippen molar-refractivity contribution in [2.45, 2.75) is 20.8 Å². The Morgan fingerprint density at radius 3 is 2.10 bits per heavy atom. The van der Waals surface area contributed by atoms with Gasteiger partial charge in [0.15, 0.2) is 5.78 Å². The molecule has 0 heterocycles. The van der Waals surface area contributed by atoms with Crippen molar-refractivity contribution in [1.82, 2.24) is 0 Å². The van der Waals surface area contributed by atoms with E-state index in [2.05, 4.69) is 0 Å². The Balaban J connectivity index is 2.26. The van der Waals surface area contributed by atoms with Crippen molar-refractivity contribution in [2.75, 3.05) is 0 Å². The van der Waals surface area contributed by atoms with Crippen LogP contribution in [0.4, 0.5) is 0 Å². The second-order valence-electron chi connectivity index (χ2n) is 5.02. The topological polar surface area (TPSA) is 17.1 Å². The highest BCUT2D eigenvalue weighted by Crippen LogP contribution is 2.18. The van der Waals surface area contributed by atoms with Crippen LogP contribution in [0.5, 0.6) is 0 Å². The van der Waals surface area contributed by atoms with Gasteiger partial charge in [-0.3, -0.25) is 4.79 Å². The van der Waals surface area contributed by atoms with Gasteiger partial charge >= 0.3 is 0 Å². The largest absolute Gasteiger partial charge is 0.289 e. The van der Waals surface area contributed by atoms with E-state index in [-0.39, 0.29) is 5.78 Å². The molecular weight excluding hydrogens is 268 g/mol. The van der Waals surface area contributed by atoms with E-state index >= 15 is 0 Å². The third-order valence-corrected chi connectivity index (χ3v) is 3.47. The van der Waals surface area contributed by atoms with Gasteiger partial charge in [-0.2, -0.15) is 0 Å². The molecule has 0 aliphatic heterocycles. The van der Waals surface area contributed by atoms with Crippen LogP contribution in [0.25, 0.3) is 6.08 Å². The zero-order chi connectivity index (χ0) is 14.7. The number of benzene rings is 2. The quantitative estimate of drug-likeness (QED) is 0.562. The number of aryl methyl sites for hydroxylation is 3. The highest BCUT2D eigenvalue weighted by molar-refractivity contribution is 6.30. The molecule has 2 rings (SSSR count). The smallest absolute Gasteiger partial charge is 0.186 e. The van der Waals surface area contributed by atoms with Crippen molar-refractivity contribution in [3.05, 3.63) is 75.3 Å². The van der Waals surface area contributed by atoms with Gasteiger partial charge in [0.2, 0.25) is 0 Å². The number of hydrogen-bond donors (Lipinski definition) is 0. The normalized spacial score (nSPS) is 11.0. The highest BCUT2D eigenvalue weighted by atomic mass is 35.5. The summed E-state index contributed by atoms with van der Waals surface area (Å²) in [6.45, 7) is 5.99. The van der Waals surface area contributed by atoms with Crippen LogP contribution in [0.15, 0.2) is 42.5 Å². The average Bonchev–Trinajstić information content (AvgIpc) is 2.37.